The number of nitrogens with zero attached hydrogens (tertiary/aromatic N) is 2. The van der Waals surface area contributed by atoms with Crippen LogP contribution in [-0.2, 0) is 31.3 Å². The quantitative estimate of drug-likeness (QED) is 0.0891. The van der Waals surface area contributed by atoms with E-state index >= 15 is 0 Å². The molecule has 0 aliphatic rings. The van der Waals surface area contributed by atoms with Gasteiger partial charge in [-0.1, -0.05) is 83.2 Å². The molecule has 7 heteroatoms. The van der Waals surface area contributed by atoms with Gasteiger partial charge in [-0.2, -0.15) is 0 Å². The molecule has 0 saturated heterocycles. The summed E-state index contributed by atoms with van der Waals surface area (Å²) in [5, 5.41) is 13.2. The Morgan fingerprint density at radius 1 is 0.938 bits per heavy atom. The molecule has 0 bridgehead atoms. The number of carbonyl (C=O) groups is 1. The molecule has 0 atom stereocenters. The number of ketones is 1. The van der Waals surface area contributed by atoms with Gasteiger partial charge in [0.05, 0.1) is 15.2 Å². The van der Waals surface area contributed by atoms with Gasteiger partial charge in [0.25, 0.3) is 0 Å². The van der Waals surface area contributed by atoms with Crippen molar-refractivity contribution in [2.45, 2.75) is 87.5 Å². The molecule has 48 heavy (non-hydrogen) atoms. The maximum Gasteiger partial charge on any atom is 0.171 e. The van der Waals surface area contributed by atoms with E-state index in [0.29, 0.717) is 0 Å². The maximum atomic E-state index is 11.7. The summed E-state index contributed by atoms with van der Waals surface area (Å²) in [5.74, 6) is 0.547. The molecule has 3 aromatic heterocycles. The number of aromatic nitrogens is 2. The van der Waals surface area contributed by atoms with Gasteiger partial charge in [0.2, 0.25) is 0 Å². The standard InChI is InChI=1S/C28H23N2OS.C13H24O2.Ir/c1-16-5-7-18-8-9-19(13-20(18)11-16)23-27-24(30-15-29-23)25-26(32-27)21-12-17(14-28(2,3)4)6-10-22(21)31-25;1-5-10(6-2)12(14)9-13(15)11(7-3)8-4;/h5-12,15H,14H2,1-4H3;9-11,14H,5-8H2,1-4H3;/q-1;;/b;12-9-;. The first-order chi connectivity index (χ1) is 22.5. The molecular weight excluding hydrogens is 793 g/mol. The van der Waals surface area contributed by atoms with E-state index in [1.807, 2.05) is 27.7 Å². The smallest absolute Gasteiger partial charge is 0.171 e. The van der Waals surface area contributed by atoms with Crippen LogP contribution in [0.5, 0.6) is 0 Å². The van der Waals surface area contributed by atoms with Crippen LogP contribution in [0, 0.1) is 30.2 Å². The summed E-state index contributed by atoms with van der Waals surface area (Å²) < 4.78 is 8.47. The number of aryl methyl sites for hydroxylation is 1. The fraction of sp³-hybridized carbons (Fsp3) is 0.390. The average Bonchev–Trinajstić information content (AvgIpc) is 3.57. The van der Waals surface area contributed by atoms with Crippen LogP contribution in [-0.4, -0.2) is 20.9 Å². The van der Waals surface area contributed by atoms with Crippen molar-refractivity contribution in [1.82, 2.24) is 9.97 Å². The van der Waals surface area contributed by atoms with Gasteiger partial charge in [0, 0.05) is 49.1 Å². The minimum Gasteiger partial charge on any atom is -0.512 e. The zero-order chi connectivity index (χ0) is 33.9. The number of furan rings is 1. The normalized spacial score (nSPS) is 12.2. The van der Waals surface area contributed by atoms with E-state index in [1.165, 1.54) is 22.6 Å². The van der Waals surface area contributed by atoms with Crippen LogP contribution in [0.4, 0.5) is 0 Å². The van der Waals surface area contributed by atoms with E-state index < -0.39 is 0 Å². The molecule has 0 unspecified atom stereocenters. The van der Waals surface area contributed by atoms with Gasteiger partial charge in [-0.05, 0) is 62.1 Å². The minimum atomic E-state index is 0. The zero-order valence-electron chi connectivity index (χ0n) is 29.4. The van der Waals surface area contributed by atoms with Crippen molar-refractivity contribution in [3.63, 3.8) is 0 Å². The van der Waals surface area contributed by atoms with E-state index in [9.17, 15) is 9.90 Å². The topological polar surface area (TPSA) is 76.2 Å². The molecule has 0 amide bonds. The summed E-state index contributed by atoms with van der Waals surface area (Å²) in [5.41, 5.74) is 7.33. The van der Waals surface area contributed by atoms with Gasteiger partial charge >= 0.3 is 0 Å². The Bertz CT molecular complexity index is 2060. The molecule has 3 aromatic carbocycles. The van der Waals surface area contributed by atoms with Crippen molar-refractivity contribution < 1.29 is 34.4 Å². The monoisotopic (exact) mass is 840 g/mol. The molecule has 0 fully saturated rings. The van der Waals surface area contributed by atoms with Gasteiger partial charge in [0.1, 0.15) is 17.4 Å². The summed E-state index contributed by atoms with van der Waals surface area (Å²) >= 11 is 1.72. The van der Waals surface area contributed by atoms with Gasteiger partial charge in [0.15, 0.2) is 11.4 Å². The van der Waals surface area contributed by atoms with E-state index in [-0.39, 0.29) is 48.9 Å². The molecule has 0 aliphatic heterocycles. The average molecular weight is 840 g/mol. The summed E-state index contributed by atoms with van der Waals surface area (Å²) in [6.07, 6.45) is 7.57. The SMILES string of the molecule is CCC(CC)C(=O)/C=C(\O)C(CC)CC.Cc1ccc2ccc(-c3ncnc4c3sc3c5cc(CC(C)(C)C)ccc5oc43)[c-]c2c1.[Ir]. The van der Waals surface area contributed by atoms with E-state index in [1.54, 1.807) is 17.7 Å². The van der Waals surface area contributed by atoms with Gasteiger partial charge in [-0.15, -0.1) is 41.0 Å². The summed E-state index contributed by atoms with van der Waals surface area (Å²) in [7, 11) is 0. The summed E-state index contributed by atoms with van der Waals surface area (Å²) in [6, 6.07) is 20.8. The Balaban J connectivity index is 0.000000279. The number of hydrogen-bond acceptors (Lipinski definition) is 6. The number of hydrogen-bond donors (Lipinski definition) is 1. The van der Waals surface area contributed by atoms with Crippen molar-refractivity contribution in [3.8, 4) is 11.3 Å². The molecule has 6 rings (SSSR count). The largest absolute Gasteiger partial charge is 0.512 e. The van der Waals surface area contributed by atoms with Crippen molar-refractivity contribution in [2.24, 2.45) is 17.3 Å². The third kappa shape index (κ3) is 8.25. The number of rotatable bonds is 9. The van der Waals surface area contributed by atoms with Gasteiger partial charge in [-0.25, -0.2) is 4.98 Å². The predicted octanol–water partition coefficient (Wildman–Crippen LogP) is 12.0. The number of carbonyl (C=O) groups excluding carboxylic acids is 1. The summed E-state index contributed by atoms with van der Waals surface area (Å²) in [4.78, 5) is 21.0. The Hall–Kier alpha value is -3.38. The Labute approximate surface area is 302 Å². The van der Waals surface area contributed by atoms with Crippen LogP contribution in [0.25, 0.3) is 53.5 Å². The van der Waals surface area contributed by atoms with E-state index in [2.05, 4.69) is 92.3 Å². The Kier molecular flexibility index (Phi) is 12.4. The van der Waals surface area contributed by atoms with Crippen LogP contribution in [0.2, 0.25) is 0 Å². The van der Waals surface area contributed by atoms with E-state index in [0.717, 1.165) is 80.2 Å². The fourth-order valence-corrected chi connectivity index (χ4v) is 7.44. The number of aliphatic hydroxyl groups is 1. The first-order valence-corrected chi connectivity index (χ1v) is 17.7. The van der Waals surface area contributed by atoms with E-state index in [4.69, 9.17) is 4.42 Å². The molecule has 0 aliphatic carbocycles. The van der Waals surface area contributed by atoms with Crippen molar-refractivity contribution in [1.29, 1.82) is 0 Å². The number of allylic oxidation sites excluding steroid dienone is 2. The van der Waals surface area contributed by atoms with Crippen LogP contribution >= 0.6 is 11.3 Å². The van der Waals surface area contributed by atoms with Gasteiger partial charge in [-0.3, -0.25) is 9.78 Å². The third-order valence-electron chi connectivity index (χ3n) is 8.91. The molecule has 0 saturated carbocycles. The zero-order valence-corrected chi connectivity index (χ0v) is 32.6. The van der Waals surface area contributed by atoms with Gasteiger partial charge < -0.3 is 9.52 Å². The molecule has 0 spiro atoms. The molecule has 1 radical (unpaired) electrons. The molecular formula is C41H47IrN2O3S-. The second-order valence-corrected chi connectivity index (χ2v) is 14.8. The first-order valence-electron chi connectivity index (χ1n) is 16.9. The predicted molar refractivity (Wildman–Crippen MR) is 198 cm³/mol. The second-order valence-electron chi connectivity index (χ2n) is 13.8. The van der Waals surface area contributed by atoms with Crippen LogP contribution in [0.3, 0.4) is 0 Å². The molecule has 5 nitrogen and oxygen atoms in total. The number of benzene rings is 3. The minimum absolute atomic E-state index is 0. The Morgan fingerprint density at radius 3 is 2.29 bits per heavy atom. The van der Waals surface area contributed by atoms with Crippen LogP contribution in [0.15, 0.2) is 71.1 Å². The maximum absolute atomic E-state index is 11.7. The molecule has 1 N–H and O–H groups in total. The van der Waals surface area contributed by atoms with Crippen molar-refractivity contribution >= 4 is 59.4 Å². The van der Waals surface area contributed by atoms with Crippen LogP contribution in [0.1, 0.15) is 85.3 Å². The first kappa shape index (κ1) is 37.4. The Morgan fingerprint density at radius 2 is 1.62 bits per heavy atom. The van der Waals surface area contributed by atoms with Crippen molar-refractivity contribution in [2.75, 3.05) is 0 Å². The number of fused-ring (bicyclic) bond motifs is 6. The number of thiophene rings is 1. The number of aliphatic hydroxyl groups excluding tert-OH is 1. The molecule has 6 aromatic rings. The van der Waals surface area contributed by atoms with Crippen molar-refractivity contribution in [3.05, 3.63) is 83.9 Å². The summed E-state index contributed by atoms with van der Waals surface area (Å²) in [6.45, 7) is 17.0. The molecule has 3 heterocycles. The fourth-order valence-electron chi connectivity index (χ4n) is 6.23. The molecule has 255 valence electrons. The third-order valence-corrected chi connectivity index (χ3v) is 10.1. The second kappa shape index (κ2) is 15.9. The van der Waals surface area contributed by atoms with Crippen LogP contribution < -0.4 is 0 Å².